The van der Waals surface area contributed by atoms with Crippen molar-refractivity contribution in [2.75, 3.05) is 6.61 Å². The second kappa shape index (κ2) is 7.60. The molecule has 1 aliphatic rings. The van der Waals surface area contributed by atoms with Gasteiger partial charge in [-0.1, -0.05) is 36.4 Å². The molecular weight excluding hydrogens is 330 g/mol. The highest BCUT2D eigenvalue weighted by Gasteiger charge is 2.38. The van der Waals surface area contributed by atoms with Gasteiger partial charge < -0.3 is 15.2 Å². The van der Waals surface area contributed by atoms with E-state index in [1.807, 2.05) is 25.1 Å². The zero-order valence-electron chi connectivity index (χ0n) is 14.8. The highest BCUT2D eigenvalue weighted by atomic mass is 16.5. The molecule has 1 aliphatic carbocycles. The fourth-order valence-electron chi connectivity index (χ4n) is 3.55. The van der Waals surface area contributed by atoms with Gasteiger partial charge in [-0.05, 0) is 55.0 Å². The second-order valence-corrected chi connectivity index (χ2v) is 6.86. The Kier molecular flexibility index (Phi) is 5.26. The summed E-state index contributed by atoms with van der Waals surface area (Å²) in [5.41, 5.74) is 2.71. The fourth-order valence-corrected chi connectivity index (χ4v) is 3.55. The van der Waals surface area contributed by atoms with Gasteiger partial charge in [0, 0.05) is 6.54 Å². The molecule has 26 heavy (non-hydrogen) atoms. The molecule has 0 fully saturated rings. The number of rotatable bonds is 6. The Bertz CT molecular complexity index is 817. The number of benzene rings is 2. The van der Waals surface area contributed by atoms with Crippen LogP contribution in [0.2, 0.25) is 0 Å². The lowest BCUT2D eigenvalue weighted by Crippen LogP contribution is -2.44. The molecule has 1 amide bonds. The van der Waals surface area contributed by atoms with E-state index in [9.17, 15) is 9.59 Å². The number of nitrogens with one attached hydrogen (secondary N) is 1. The maximum Gasteiger partial charge on any atom is 0.341 e. The van der Waals surface area contributed by atoms with Gasteiger partial charge >= 0.3 is 5.97 Å². The van der Waals surface area contributed by atoms with Crippen molar-refractivity contribution >= 4 is 11.9 Å². The van der Waals surface area contributed by atoms with Crippen molar-refractivity contribution < 1.29 is 19.4 Å². The number of carbonyl (C=O) groups excluding carboxylic acids is 1. The highest BCUT2D eigenvalue weighted by Crippen LogP contribution is 2.37. The van der Waals surface area contributed by atoms with Crippen LogP contribution in [0.3, 0.4) is 0 Å². The van der Waals surface area contributed by atoms with Gasteiger partial charge in [0.2, 0.25) is 5.91 Å². The van der Waals surface area contributed by atoms with E-state index in [1.54, 1.807) is 18.2 Å². The first-order valence-electron chi connectivity index (χ1n) is 8.79. The van der Waals surface area contributed by atoms with Crippen LogP contribution in [0, 0.1) is 0 Å². The minimum atomic E-state index is -1.02. The normalized spacial score (nSPS) is 18.7. The molecule has 1 atom stereocenters. The molecule has 0 radical (unpaired) electrons. The van der Waals surface area contributed by atoms with Crippen LogP contribution >= 0.6 is 0 Å². The first-order chi connectivity index (χ1) is 12.5. The quantitative estimate of drug-likeness (QED) is 0.837. The van der Waals surface area contributed by atoms with Crippen LogP contribution in [0.1, 0.15) is 36.5 Å². The maximum absolute atomic E-state index is 12.9. The Morgan fingerprint density at radius 2 is 2.00 bits per heavy atom. The van der Waals surface area contributed by atoms with E-state index in [0.717, 1.165) is 30.4 Å². The monoisotopic (exact) mass is 353 g/mol. The van der Waals surface area contributed by atoms with E-state index in [-0.39, 0.29) is 12.5 Å². The van der Waals surface area contributed by atoms with Crippen molar-refractivity contribution in [2.45, 2.75) is 38.1 Å². The van der Waals surface area contributed by atoms with Crippen molar-refractivity contribution in [3.05, 3.63) is 65.2 Å². The van der Waals surface area contributed by atoms with Crippen molar-refractivity contribution in [3.63, 3.8) is 0 Å². The summed E-state index contributed by atoms with van der Waals surface area (Å²) < 4.78 is 5.19. The van der Waals surface area contributed by atoms with Gasteiger partial charge in [-0.25, -0.2) is 4.79 Å². The van der Waals surface area contributed by atoms with Gasteiger partial charge in [0.15, 0.2) is 6.61 Å². The van der Waals surface area contributed by atoms with Crippen molar-refractivity contribution in [1.29, 1.82) is 0 Å². The first-order valence-corrected chi connectivity index (χ1v) is 8.79. The van der Waals surface area contributed by atoms with Crippen LogP contribution in [0.5, 0.6) is 5.75 Å². The minimum Gasteiger partial charge on any atom is -0.482 e. The van der Waals surface area contributed by atoms with E-state index in [2.05, 4.69) is 17.4 Å². The largest absolute Gasteiger partial charge is 0.482 e. The number of amides is 1. The molecule has 5 nitrogen and oxygen atoms in total. The molecule has 0 heterocycles. The van der Waals surface area contributed by atoms with Gasteiger partial charge in [-0.2, -0.15) is 0 Å². The summed E-state index contributed by atoms with van der Waals surface area (Å²) in [6.07, 6.45) is 2.85. The van der Waals surface area contributed by atoms with Crippen molar-refractivity contribution in [3.8, 4) is 5.75 Å². The van der Waals surface area contributed by atoms with Crippen LogP contribution in [0.4, 0.5) is 0 Å². The summed E-state index contributed by atoms with van der Waals surface area (Å²) in [7, 11) is 0. The molecular formula is C21H23NO4. The average molecular weight is 353 g/mol. The molecule has 0 aliphatic heterocycles. The summed E-state index contributed by atoms with van der Waals surface area (Å²) >= 11 is 0. The third-order valence-corrected chi connectivity index (χ3v) is 4.95. The molecule has 0 bridgehead atoms. The summed E-state index contributed by atoms with van der Waals surface area (Å²) in [5.74, 6) is -0.525. The lowest BCUT2D eigenvalue weighted by Gasteiger charge is -2.34. The van der Waals surface area contributed by atoms with E-state index in [4.69, 9.17) is 9.84 Å². The van der Waals surface area contributed by atoms with E-state index in [0.29, 0.717) is 12.3 Å². The molecule has 2 N–H and O–H groups in total. The zero-order valence-corrected chi connectivity index (χ0v) is 14.8. The van der Waals surface area contributed by atoms with Crippen molar-refractivity contribution in [1.82, 2.24) is 5.32 Å². The summed E-state index contributed by atoms with van der Waals surface area (Å²) in [5, 5.41) is 11.7. The zero-order chi connectivity index (χ0) is 18.6. The lowest BCUT2D eigenvalue weighted by atomic mass is 9.70. The molecule has 3 rings (SSSR count). The summed E-state index contributed by atoms with van der Waals surface area (Å²) in [6, 6.07) is 15.3. The van der Waals surface area contributed by atoms with Gasteiger partial charge in [0.1, 0.15) is 5.75 Å². The number of ether oxygens (including phenoxy) is 1. The Balaban J connectivity index is 1.68. The number of carbonyl (C=O) groups is 2. The molecule has 136 valence electrons. The number of hydrogen-bond acceptors (Lipinski definition) is 3. The van der Waals surface area contributed by atoms with Gasteiger partial charge in [0.05, 0.1) is 5.41 Å². The second-order valence-electron chi connectivity index (χ2n) is 6.86. The molecule has 0 saturated carbocycles. The molecule has 0 aromatic heterocycles. The smallest absolute Gasteiger partial charge is 0.341 e. The number of fused-ring (bicyclic) bond motifs is 1. The number of hydrogen-bond donors (Lipinski definition) is 2. The fraction of sp³-hybridized carbons (Fsp3) is 0.333. The molecule has 5 heteroatoms. The molecule has 1 unspecified atom stereocenters. The van der Waals surface area contributed by atoms with Crippen LogP contribution in [0.25, 0.3) is 0 Å². The van der Waals surface area contributed by atoms with Crippen LogP contribution in [-0.4, -0.2) is 23.6 Å². The number of carboxylic acid groups (broad SMARTS) is 1. The Morgan fingerprint density at radius 1 is 1.19 bits per heavy atom. The standard InChI is InChI=1S/C21H23NO4/c1-21(11-5-8-16-7-2-3-10-18(16)21)20(25)22-13-15-6-4-9-17(12-15)26-14-19(23)24/h2-4,6-7,9-10,12H,5,8,11,13-14H2,1H3,(H,22,25)(H,23,24). The SMILES string of the molecule is CC1(C(=O)NCc2cccc(OCC(=O)O)c2)CCCc2ccccc21. The van der Waals surface area contributed by atoms with E-state index < -0.39 is 11.4 Å². The van der Waals surface area contributed by atoms with Crippen LogP contribution < -0.4 is 10.1 Å². The summed E-state index contributed by atoms with van der Waals surface area (Å²) in [4.78, 5) is 23.5. The van der Waals surface area contributed by atoms with Gasteiger partial charge in [0.25, 0.3) is 0 Å². The Morgan fingerprint density at radius 3 is 2.81 bits per heavy atom. The highest BCUT2D eigenvalue weighted by molar-refractivity contribution is 5.88. The predicted molar refractivity (Wildman–Crippen MR) is 98.2 cm³/mol. The first kappa shape index (κ1) is 18.0. The van der Waals surface area contributed by atoms with Crippen molar-refractivity contribution in [2.24, 2.45) is 0 Å². The summed E-state index contributed by atoms with van der Waals surface area (Å²) in [6.45, 7) is 2.00. The van der Waals surface area contributed by atoms with E-state index in [1.165, 1.54) is 5.56 Å². The number of aliphatic carboxylic acids is 1. The number of aryl methyl sites for hydroxylation is 1. The maximum atomic E-state index is 12.9. The van der Waals surface area contributed by atoms with E-state index >= 15 is 0 Å². The molecule has 0 spiro atoms. The minimum absolute atomic E-state index is 0.0153. The predicted octanol–water partition coefficient (Wildman–Crippen LogP) is 3.06. The average Bonchev–Trinajstić information content (AvgIpc) is 2.65. The third-order valence-electron chi connectivity index (χ3n) is 4.95. The Hall–Kier alpha value is -2.82. The number of carboxylic acids is 1. The van der Waals surface area contributed by atoms with Gasteiger partial charge in [-0.3, -0.25) is 4.79 Å². The molecule has 2 aromatic rings. The molecule has 2 aromatic carbocycles. The third kappa shape index (κ3) is 3.87. The van der Waals surface area contributed by atoms with Gasteiger partial charge in [-0.15, -0.1) is 0 Å². The lowest BCUT2D eigenvalue weighted by molar-refractivity contribution is -0.139. The Labute approximate surface area is 153 Å². The topological polar surface area (TPSA) is 75.6 Å². The van der Waals surface area contributed by atoms with Crippen LogP contribution in [0.15, 0.2) is 48.5 Å². The molecule has 0 saturated heterocycles. The van der Waals surface area contributed by atoms with Crippen LogP contribution in [-0.2, 0) is 28.0 Å².